The molecule has 1 aromatic heterocycles. The van der Waals surface area contributed by atoms with E-state index in [1.165, 1.54) is 11.1 Å². The van der Waals surface area contributed by atoms with Gasteiger partial charge >= 0.3 is 0 Å². The van der Waals surface area contributed by atoms with Crippen LogP contribution in [0.1, 0.15) is 41.3 Å². The Hall–Kier alpha value is -2.20. The van der Waals surface area contributed by atoms with E-state index in [9.17, 15) is 4.79 Å². The van der Waals surface area contributed by atoms with Crippen LogP contribution in [0, 0.1) is 6.92 Å². The highest BCUT2D eigenvalue weighted by Gasteiger charge is 2.25. The summed E-state index contributed by atoms with van der Waals surface area (Å²) >= 11 is 0. The fraction of sp³-hybridized carbons (Fsp3) is 0.429. The molecule has 0 radical (unpaired) electrons. The van der Waals surface area contributed by atoms with Crippen LogP contribution in [0.4, 0.5) is 0 Å². The quantitative estimate of drug-likeness (QED) is 0.840. The van der Waals surface area contributed by atoms with E-state index in [0.29, 0.717) is 5.92 Å². The molecule has 4 nitrogen and oxygen atoms in total. The van der Waals surface area contributed by atoms with Crippen LogP contribution in [-0.2, 0) is 16.0 Å². The number of carbonyl (C=O) groups excluding carboxylic acids is 1. The first-order valence-corrected chi connectivity index (χ1v) is 8.94. The van der Waals surface area contributed by atoms with Crippen LogP contribution in [0.3, 0.4) is 0 Å². The van der Waals surface area contributed by atoms with Crippen LogP contribution < -0.4 is 0 Å². The summed E-state index contributed by atoms with van der Waals surface area (Å²) in [5, 5.41) is 0. The van der Waals surface area contributed by atoms with Crippen LogP contribution >= 0.6 is 0 Å². The van der Waals surface area contributed by atoms with Crippen molar-refractivity contribution in [2.45, 2.75) is 32.1 Å². The number of aromatic nitrogens is 1. The third-order valence-corrected chi connectivity index (χ3v) is 4.76. The van der Waals surface area contributed by atoms with E-state index in [2.05, 4.69) is 49.4 Å². The number of likely N-dealkylation sites (tertiary alicyclic amines) is 1. The summed E-state index contributed by atoms with van der Waals surface area (Å²) in [6.45, 7) is 3.83. The second kappa shape index (κ2) is 8.26. The molecule has 2 aromatic rings. The maximum atomic E-state index is 12.1. The van der Waals surface area contributed by atoms with Crippen LogP contribution in [0.2, 0.25) is 0 Å². The number of benzene rings is 1. The summed E-state index contributed by atoms with van der Waals surface area (Å²) in [6.07, 6.45) is 2.94. The molecular formula is C21H26N2O2. The molecule has 25 heavy (non-hydrogen) atoms. The third-order valence-electron chi connectivity index (χ3n) is 4.76. The van der Waals surface area contributed by atoms with E-state index < -0.39 is 0 Å². The van der Waals surface area contributed by atoms with Gasteiger partial charge in [-0.3, -0.25) is 9.78 Å². The highest BCUT2D eigenvalue weighted by molar-refractivity contribution is 5.77. The first kappa shape index (κ1) is 17.6. The number of nitrogens with zero attached hydrogens (tertiary/aromatic N) is 2. The Morgan fingerprint density at radius 1 is 1.28 bits per heavy atom. The molecule has 3 rings (SSSR count). The highest BCUT2D eigenvalue weighted by Crippen LogP contribution is 2.26. The minimum Gasteiger partial charge on any atom is -0.375 e. The van der Waals surface area contributed by atoms with Crippen LogP contribution in [-0.4, -0.2) is 42.6 Å². The minimum absolute atomic E-state index is 0.0723. The Kier molecular flexibility index (Phi) is 5.82. The van der Waals surface area contributed by atoms with Crippen molar-refractivity contribution in [1.29, 1.82) is 0 Å². The summed E-state index contributed by atoms with van der Waals surface area (Å²) < 4.78 is 4.99. The predicted octanol–water partition coefficient (Wildman–Crippen LogP) is 3.33. The van der Waals surface area contributed by atoms with E-state index in [4.69, 9.17) is 9.72 Å². The number of hydrogen-bond acceptors (Lipinski definition) is 3. The molecule has 1 fully saturated rings. The first-order chi connectivity index (χ1) is 12.2. The maximum Gasteiger partial charge on any atom is 0.248 e. The van der Waals surface area contributed by atoms with E-state index in [0.717, 1.165) is 43.7 Å². The van der Waals surface area contributed by atoms with Gasteiger partial charge in [-0.25, -0.2) is 0 Å². The Morgan fingerprint density at radius 3 is 2.92 bits per heavy atom. The van der Waals surface area contributed by atoms with Crippen molar-refractivity contribution in [3.05, 3.63) is 65.0 Å². The van der Waals surface area contributed by atoms with Gasteiger partial charge in [0.2, 0.25) is 5.91 Å². The predicted molar refractivity (Wildman–Crippen MR) is 98.7 cm³/mol. The molecule has 132 valence electrons. The van der Waals surface area contributed by atoms with E-state index >= 15 is 0 Å². The van der Waals surface area contributed by atoms with Crippen molar-refractivity contribution in [1.82, 2.24) is 9.88 Å². The van der Waals surface area contributed by atoms with Gasteiger partial charge in [0.05, 0.1) is 0 Å². The normalized spacial score (nSPS) is 17.5. The number of ether oxygens (including phenoxy) is 1. The van der Waals surface area contributed by atoms with Crippen molar-refractivity contribution in [2.75, 3.05) is 26.8 Å². The first-order valence-electron chi connectivity index (χ1n) is 8.94. The Labute approximate surface area is 149 Å². The fourth-order valence-corrected chi connectivity index (χ4v) is 3.52. The van der Waals surface area contributed by atoms with Gasteiger partial charge < -0.3 is 9.64 Å². The molecule has 0 saturated carbocycles. The van der Waals surface area contributed by atoms with Gasteiger partial charge in [-0.05, 0) is 37.5 Å². The zero-order valence-corrected chi connectivity index (χ0v) is 15.1. The van der Waals surface area contributed by atoms with Gasteiger partial charge in [-0.15, -0.1) is 0 Å². The Bertz CT molecular complexity index is 729. The zero-order chi connectivity index (χ0) is 17.6. The molecule has 1 saturated heterocycles. The number of methoxy groups -OCH3 is 1. The zero-order valence-electron chi connectivity index (χ0n) is 15.1. The molecular weight excluding hydrogens is 312 g/mol. The summed E-state index contributed by atoms with van der Waals surface area (Å²) in [5.41, 5.74) is 4.74. The maximum absolute atomic E-state index is 12.1. The Balaban J connectivity index is 1.71. The average molecular weight is 338 g/mol. The van der Waals surface area contributed by atoms with Gasteiger partial charge in [-0.2, -0.15) is 0 Å². The van der Waals surface area contributed by atoms with Crippen LogP contribution in [0.25, 0.3) is 0 Å². The average Bonchev–Trinajstić information content (AvgIpc) is 2.62. The molecule has 0 N–H and O–H groups in total. The van der Waals surface area contributed by atoms with Crippen molar-refractivity contribution in [3.63, 3.8) is 0 Å². The fourth-order valence-electron chi connectivity index (χ4n) is 3.52. The van der Waals surface area contributed by atoms with Gasteiger partial charge in [0.1, 0.15) is 6.61 Å². The van der Waals surface area contributed by atoms with Gasteiger partial charge in [-0.1, -0.05) is 35.9 Å². The second-order valence-electron chi connectivity index (χ2n) is 6.83. The molecule has 0 spiro atoms. The van der Waals surface area contributed by atoms with Gasteiger partial charge in [0, 0.05) is 43.9 Å². The van der Waals surface area contributed by atoms with Gasteiger partial charge in [0.25, 0.3) is 0 Å². The summed E-state index contributed by atoms with van der Waals surface area (Å²) in [4.78, 5) is 18.9. The van der Waals surface area contributed by atoms with Crippen molar-refractivity contribution < 1.29 is 9.53 Å². The smallest absolute Gasteiger partial charge is 0.248 e. The second-order valence-corrected chi connectivity index (χ2v) is 6.83. The van der Waals surface area contributed by atoms with Crippen molar-refractivity contribution in [2.24, 2.45) is 0 Å². The third kappa shape index (κ3) is 4.67. The lowest BCUT2D eigenvalue weighted by Crippen LogP contribution is -2.41. The minimum atomic E-state index is 0.0723. The lowest BCUT2D eigenvalue weighted by molar-refractivity contribution is -0.136. The lowest BCUT2D eigenvalue weighted by Gasteiger charge is -2.32. The monoisotopic (exact) mass is 338 g/mol. The molecule has 0 aliphatic carbocycles. The van der Waals surface area contributed by atoms with E-state index in [1.54, 1.807) is 7.11 Å². The number of piperidine rings is 1. The number of hydrogen-bond donors (Lipinski definition) is 0. The SMILES string of the molecule is COCC(=O)N1CCC[C@H](c2cccc(Cc3cccc(C)c3)n2)C1. The molecule has 2 heterocycles. The standard InChI is InChI=1S/C21H26N2O2/c1-16-6-3-7-17(12-16)13-19-9-4-10-20(22-19)18-8-5-11-23(14-18)21(24)15-25-2/h3-4,6-7,9-10,12,18H,5,8,11,13-15H2,1-2H3/t18-/m0/s1. The summed E-state index contributed by atoms with van der Waals surface area (Å²) in [6, 6.07) is 14.8. The van der Waals surface area contributed by atoms with Crippen LogP contribution in [0.5, 0.6) is 0 Å². The summed E-state index contributed by atoms with van der Waals surface area (Å²) in [5.74, 6) is 0.384. The van der Waals surface area contributed by atoms with E-state index in [-0.39, 0.29) is 12.5 Å². The molecule has 0 bridgehead atoms. The molecule has 1 aromatic carbocycles. The number of rotatable bonds is 5. The number of amides is 1. The topological polar surface area (TPSA) is 42.4 Å². The van der Waals surface area contributed by atoms with Crippen molar-refractivity contribution in [3.8, 4) is 0 Å². The summed E-state index contributed by atoms with van der Waals surface area (Å²) in [7, 11) is 1.57. The molecule has 1 aliphatic rings. The lowest BCUT2D eigenvalue weighted by atomic mass is 9.93. The number of aryl methyl sites for hydroxylation is 1. The number of pyridine rings is 1. The van der Waals surface area contributed by atoms with E-state index in [1.807, 2.05) is 4.90 Å². The number of carbonyl (C=O) groups is 1. The Morgan fingerprint density at radius 2 is 2.12 bits per heavy atom. The molecule has 0 unspecified atom stereocenters. The highest BCUT2D eigenvalue weighted by atomic mass is 16.5. The van der Waals surface area contributed by atoms with Crippen LogP contribution in [0.15, 0.2) is 42.5 Å². The largest absolute Gasteiger partial charge is 0.375 e. The molecule has 1 amide bonds. The van der Waals surface area contributed by atoms with Gasteiger partial charge in [0.15, 0.2) is 0 Å². The molecule has 1 atom stereocenters. The molecule has 4 heteroatoms. The van der Waals surface area contributed by atoms with Crippen molar-refractivity contribution >= 4 is 5.91 Å². The molecule has 1 aliphatic heterocycles.